The van der Waals surface area contributed by atoms with Crippen molar-refractivity contribution in [2.45, 2.75) is 46.8 Å². The maximum Gasteiger partial charge on any atom is 0.410 e. The number of hydrogen-bond acceptors (Lipinski definition) is 5. The number of hydrogen-bond donors (Lipinski definition) is 1. The van der Waals surface area contributed by atoms with Crippen LogP contribution in [0, 0.1) is 0 Å². The van der Waals surface area contributed by atoms with Gasteiger partial charge in [-0.15, -0.1) is 0 Å². The average Bonchev–Trinajstić information content (AvgIpc) is 2.37. The van der Waals surface area contributed by atoms with E-state index in [2.05, 4.69) is 9.88 Å². The van der Waals surface area contributed by atoms with E-state index in [-0.39, 0.29) is 19.6 Å². The number of nitrogens with two attached hydrogens (primary N) is 1. The van der Waals surface area contributed by atoms with Crippen molar-refractivity contribution in [3.8, 4) is 0 Å². The Balaban J connectivity index is 0.00000242. The fraction of sp³-hybridized carbons (Fsp3) is 0.625. The van der Waals surface area contributed by atoms with E-state index in [0.29, 0.717) is 12.2 Å². The Labute approximate surface area is 133 Å². The largest absolute Gasteiger partial charge is 0.444 e. The fourth-order valence-corrected chi connectivity index (χ4v) is 2.46. The molecule has 2 N–H and O–H groups in total. The van der Waals surface area contributed by atoms with Gasteiger partial charge in [0.2, 0.25) is 0 Å². The number of pyridine rings is 1. The molecule has 22 heavy (non-hydrogen) atoms. The molecule has 6 heteroatoms. The highest BCUT2D eigenvalue weighted by molar-refractivity contribution is 5.70. The number of anilines is 2. The molecule has 1 saturated heterocycles. The molecule has 6 nitrogen and oxygen atoms in total. The van der Waals surface area contributed by atoms with Gasteiger partial charge in [0.15, 0.2) is 0 Å². The number of piperazine rings is 1. The van der Waals surface area contributed by atoms with Gasteiger partial charge in [-0.1, -0.05) is 7.43 Å². The van der Waals surface area contributed by atoms with Crippen LogP contribution in [-0.2, 0) is 4.74 Å². The molecular formula is C16H28N4O2. The zero-order chi connectivity index (χ0) is 15.6. The molecule has 1 aromatic rings. The van der Waals surface area contributed by atoms with Gasteiger partial charge in [-0.2, -0.15) is 0 Å². The summed E-state index contributed by atoms with van der Waals surface area (Å²) < 4.78 is 5.45. The van der Waals surface area contributed by atoms with Gasteiger partial charge < -0.3 is 20.3 Å². The normalized spacial score (nSPS) is 18.6. The molecule has 1 aromatic heterocycles. The van der Waals surface area contributed by atoms with Crippen LogP contribution in [0.15, 0.2) is 18.5 Å². The molecule has 1 amide bonds. The first-order valence-electron chi connectivity index (χ1n) is 7.22. The lowest BCUT2D eigenvalue weighted by Gasteiger charge is -2.41. The molecule has 1 aliphatic rings. The molecule has 0 radical (unpaired) electrons. The van der Waals surface area contributed by atoms with Crippen LogP contribution in [0.3, 0.4) is 0 Å². The minimum Gasteiger partial charge on any atom is -0.444 e. The summed E-state index contributed by atoms with van der Waals surface area (Å²) in [6.45, 7) is 9.74. The monoisotopic (exact) mass is 308 g/mol. The molecule has 2 heterocycles. The van der Waals surface area contributed by atoms with Gasteiger partial charge in [0.1, 0.15) is 5.60 Å². The van der Waals surface area contributed by atoms with Crippen molar-refractivity contribution in [3.05, 3.63) is 18.5 Å². The second kappa shape index (κ2) is 6.85. The zero-order valence-electron chi connectivity index (χ0n) is 13.2. The molecule has 124 valence electrons. The third-order valence-corrected chi connectivity index (χ3v) is 3.42. The van der Waals surface area contributed by atoms with Crippen LogP contribution in [0.25, 0.3) is 0 Å². The van der Waals surface area contributed by atoms with E-state index in [0.717, 1.165) is 18.8 Å². The quantitative estimate of drug-likeness (QED) is 0.863. The van der Waals surface area contributed by atoms with Crippen LogP contribution in [0.5, 0.6) is 0 Å². The Bertz CT molecular complexity index is 513. The predicted octanol–water partition coefficient (Wildman–Crippen LogP) is 2.75. The standard InChI is InChI=1S/C15H24N4O2.CH4/c1-11-10-18(13-5-6-17-9-12(13)16)7-8-19(11)14(20)21-15(2,3)4;/h5-6,9,11H,7-8,10,16H2,1-4H3;1H4/t11-;/m1./s1. The van der Waals surface area contributed by atoms with Gasteiger partial charge in [0.05, 0.1) is 17.6 Å². The molecular weight excluding hydrogens is 280 g/mol. The third kappa shape index (κ3) is 4.26. The van der Waals surface area contributed by atoms with E-state index >= 15 is 0 Å². The van der Waals surface area contributed by atoms with E-state index in [1.54, 1.807) is 17.3 Å². The van der Waals surface area contributed by atoms with Crippen LogP contribution in [0.4, 0.5) is 16.2 Å². The van der Waals surface area contributed by atoms with Crippen LogP contribution in [-0.4, -0.2) is 47.3 Å². The molecule has 2 rings (SSSR count). The second-order valence-corrected chi connectivity index (χ2v) is 6.40. The van der Waals surface area contributed by atoms with Gasteiger partial charge in [-0.3, -0.25) is 4.98 Å². The van der Waals surface area contributed by atoms with Gasteiger partial charge in [-0.25, -0.2) is 4.79 Å². The summed E-state index contributed by atoms with van der Waals surface area (Å²) in [7, 11) is 0. The lowest BCUT2D eigenvalue weighted by Crippen LogP contribution is -2.55. The minimum absolute atomic E-state index is 0. The van der Waals surface area contributed by atoms with Crippen LogP contribution < -0.4 is 10.6 Å². The van der Waals surface area contributed by atoms with Crippen molar-refractivity contribution < 1.29 is 9.53 Å². The van der Waals surface area contributed by atoms with Crippen LogP contribution >= 0.6 is 0 Å². The number of carbonyl (C=O) groups is 1. The lowest BCUT2D eigenvalue weighted by atomic mass is 10.1. The highest BCUT2D eigenvalue weighted by atomic mass is 16.6. The van der Waals surface area contributed by atoms with Crippen molar-refractivity contribution in [2.75, 3.05) is 30.3 Å². The SMILES string of the molecule is C.C[C@@H]1CN(c2ccncc2N)CCN1C(=O)OC(C)(C)C. The molecule has 1 aliphatic heterocycles. The van der Waals surface area contributed by atoms with Crippen LogP contribution in [0.2, 0.25) is 0 Å². The summed E-state index contributed by atoms with van der Waals surface area (Å²) in [6, 6.07) is 1.98. The van der Waals surface area contributed by atoms with Gasteiger partial charge in [0, 0.05) is 31.9 Å². The van der Waals surface area contributed by atoms with E-state index in [1.165, 1.54) is 0 Å². The predicted molar refractivity (Wildman–Crippen MR) is 90.0 cm³/mol. The summed E-state index contributed by atoms with van der Waals surface area (Å²) in [5, 5.41) is 0. The molecule has 0 bridgehead atoms. The van der Waals surface area contributed by atoms with Crippen molar-refractivity contribution in [1.82, 2.24) is 9.88 Å². The second-order valence-electron chi connectivity index (χ2n) is 6.40. The summed E-state index contributed by atoms with van der Waals surface area (Å²) in [5.74, 6) is 0. The Morgan fingerprint density at radius 2 is 2.09 bits per heavy atom. The number of rotatable bonds is 1. The molecule has 0 aromatic carbocycles. The number of carbonyl (C=O) groups excluding carboxylic acids is 1. The summed E-state index contributed by atoms with van der Waals surface area (Å²) in [4.78, 5) is 20.2. The summed E-state index contributed by atoms with van der Waals surface area (Å²) in [5.41, 5.74) is 7.13. The van der Waals surface area contributed by atoms with Gasteiger partial charge in [0.25, 0.3) is 0 Å². The van der Waals surface area contributed by atoms with E-state index in [4.69, 9.17) is 10.5 Å². The number of aromatic nitrogens is 1. The van der Waals surface area contributed by atoms with Crippen molar-refractivity contribution in [2.24, 2.45) is 0 Å². The van der Waals surface area contributed by atoms with Crippen molar-refractivity contribution in [3.63, 3.8) is 0 Å². The molecule has 0 unspecified atom stereocenters. The van der Waals surface area contributed by atoms with E-state index in [9.17, 15) is 4.79 Å². The number of nitrogen functional groups attached to an aromatic ring is 1. The van der Waals surface area contributed by atoms with Crippen molar-refractivity contribution >= 4 is 17.5 Å². The maximum absolute atomic E-state index is 12.2. The topological polar surface area (TPSA) is 71.7 Å². The first-order valence-corrected chi connectivity index (χ1v) is 7.22. The molecule has 0 saturated carbocycles. The maximum atomic E-state index is 12.2. The van der Waals surface area contributed by atoms with Gasteiger partial charge >= 0.3 is 6.09 Å². The van der Waals surface area contributed by atoms with Crippen LogP contribution in [0.1, 0.15) is 35.1 Å². The van der Waals surface area contributed by atoms with E-state index < -0.39 is 5.60 Å². The third-order valence-electron chi connectivity index (χ3n) is 3.42. The first-order chi connectivity index (χ1) is 9.78. The number of nitrogens with zero attached hydrogens (tertiary/aromatic N) is 3. The Morgan fingerprint density at radius 1 is 1.41 bits per heavy atom. The fourth-order valence-electron chi connectivity index (χ4n) is 2.46. The van der Waals surface area contributed by atoms with E-state index in [1.807, 2.05) is 33.8 Å². The summed E-state index contributed by atoms with van der Waals surface area (Å²) >= 11 is 0. The molecule has 1 atom stereocenters. The lowest BCUT2D eigenvalue weighted by molar-refractivity contribution is 0.0159. The average molecular weight is 308 g/mol. The number of amides is 1. The van der Waals surface area contributed by atoms with Gasteiger partial charge in [-0.05, 0) is 33.8 Å². The molecule has 0 aliphatic carbocycles. The summed E-state index contributed by atoms with van der Waals surface area (Å²) in [6.07, 6.45) is 3.13. The molecule has 0 spiro atoms. The number of ether oxygens (including phenoxy) is 1. The smallest absolute Gasteiger partial charge is 0.410 e. The van der Waals surface area contributed by atoms with Crippen molar-refractivity contribution in [1.29, 1.82) is 0 Å². The highest BCUT2D eigenvalue weighted by Gasteiger charge is 2.31. The molecule has 1 fully saturated rings. The zero-order valence-corrected chi connectivity index (χ0v) is 13.2. The Morgan fingerprint density at radius 3 is 2.64 bits per heavy atom. The highest BCUT2D eigenvalue weighted by Crippen LogP contribution is 2.25. The Kier molecular flexibility index (Phi) is 5.63. The first kappa shape index (κ1) is 18.1. The minimum atomic E-state index is -0.469. The Hall–Kier alpha value is -1.98.